The van der Waals surface area contributed by atoms with Gasteiger partial charge in [-0.15, -0.1) is 11.3 Å². The number of nitrogens with zero attached hydrogens (tertiary/aromatic N) is 3. The molecule has 1 heterocycles. The van der Waals surface area contributed by atoms with Crippen molar-refractivity contribution in [1.82, 2.24) is 0 Å². The Morgan fingerprint density at radius 2 is 1.36 bits per heavy atom. The molecular weight excluding hydrogens is 638 g/mol. The zero-order valence-electron chi connectivity index (χ0n) is 25.2. The molecule has 3 aromatic carbocycles. The summed E-state index contributed by atoms with van der Waals surface area (Å²) in [4.78, 5) is 33.6. The van der Waals surface area contributed by atoms with Crippen molar-refractivity contribution in [1.29, 1.82) is 0 Å². The maximum absolute atomic E-state index is 14.7. The summed E-state index contributed by atoms with van der Waals surface area (Å²) in [5.41, 5.74) is 12.6. The third-order valence-electron chi connectivity index (χ3n) is 8.96. The van der Waals surface area contributed by atoms with Crippen LogP contribution in [0.3, 0.4) is 0 Å². The SMILES string of the molecule is Cc1cccc(C)c1COC(=O)C1(C(=O)OCc2c(C)cccc2C)C[C@@H](c2cccs2)C[C@]1(N=[N+]=[N-])c1ccc(Br)cc1. The van der Waals surface area contributed by atoms with Gasteiger partial charge in [0.1, 0.15) is 18.8 Å². The van der Waals surface area contributed by atoms with Crippen LogP contribution in [0.15, 0.2) is 87.8 Å². The van der Waals surface area contributed by atoms with Gasteiger partial charge < -0.3 is 9.47 Å². The number of ether oxygens (including phenoxy) is 2. The number of esters is 2. The fourth-order valence-electron chi connectivity index (χ4n) is 6.48. The first-order valence-electron chi connectivity index (χ1n) is 14.4. The molecule has 0 aliphatic heterocycles. The molecule has 4 aromatic rings. The van der Waals surface area contributed by atoms with Crippen LogP contribution < -0.4 is 0 Å². The summed E-state index contributed by atoms with van der Waals surface area (Å²) in [5, 5.41) is 6.32. The predicted molar refractivity (Wildman–Crippen MR) is 175 cm³/mol. The number of azide groups is 1. The molecule has 1 fully saturated rings. The zero-order chi connectivity index (χ0) is 31.5. The maximum atomic E-state index is 14.7. The van der Waals surface area contributed by atoms with Gasteiger partial charge in [-0.25, -0.2) is 0 Å². The molecule has 1 saturated carbocycles. The highest BCUT2D eigenvalue weighted by Gasteiger charge is 2.70. The third kappa shape index (κ3) is 5.68. The van der Waals surface area contributed by atoms with E-state index < -0.39 is 22.9 Å². The van der Waals surface area contributed by atoms with E-state index in [4.69, 9.17) is 9.47 Å². The number of aryl methyl sites for hydroxylation is 4. The van der Waals surface area contributed by atoms with Crippen molar-refractivity contribution in [3.8, 4) is 0 Å². The van der Waals surface area contributed by atoms with Crippen molar-refractivity contribution >= 4 is 39.2 Å². The summed E-state index contributed by atoms with van der Waals surface area (Å²) in [5.74, 6) is -1.79. The van der Waals surface area contributed by atoms with Gasteiger partial charge in [-0.3, -0.25) is 9.59 Å². The van der Waals surface area contributed by atoms with Gasteiger partial charge in [0.05, 0.1) is 0 Å². The largest absolute Gasteiger partial charge is 0.460 e. The first-order valence-corrected chi connectivity index (χ1v) is 16.1. The minimum atomic E-state index is -1.95. The molecular formula is C35H34BrN3O4S. The average Bonchev–Trinajstić information content (AvgIpc) is 3.65. The van der Waals surface area contributed by atoms with E-state index in [1.54, 1.807) is 23.5 Å². The molecule has 1 aromatic heterocycles. The van der Waals surface area contributed by atoms with E-state index in [9.17, 15) is 15.1 Å². The van der Waals surface area contributed by atoms with Gasteiger partial charge in [0.15, 0.2) is 5.41 Å². The molecule has 0 spiro atoms. The second-order valence-electron chi connectivity index (χ2n) is 11.5. The molecule has 9 heteroatoms. The second-order valence-corrected chi connectivity index (χ2v) is 13.4. The second kappa shape index (κ2) is 13.0. The number of carbonyl (C=O) groups excluding carboxylic acids is 2. The van der Waals surface area contributed by atoms with Crippen LogP contribution in [-0.4, -0.2) is 11.9 Å². The van der Waals surface area contributed by atoms with Gasteiger partial charge in [-0.1, -0.05) is 75.6 Å². The molecule has 0 amide bonds. The summed E-state index contributed by atoms with van der Waals surface area (Å²) in [6.07, 6.45) is 0.302. The van der Waals surface area contributed by atoms with Gasteiger partial charge in [-0.2, -0.15) is 0 Å². The maximum Gasteiger partial charge on any atom is 0.324 e. The predicted octanol–water partition coefficient (Wildman–Crippen LogP) is 9.30. The fourth-order valence-corrected chi connectivity index (χ4v) is 7.57. The molecule has 44 heavy (non-hydrogen) atoms. The fraction of sp³-hybridized carbons (Fsp3) is 0.314. The lowest BCUT2D eigenvalue weighted by Crippen LogP contribution is -2.53. The lowest BCUT2D eigenvalue weighted by Gasteiger charge is -2.39. The first-order chi connectivity index (χ1) is 21.1. The van der Waals surface area contributed by atoms with E-state index in [0.29, 0.717) is 5.56 Å². The molecule has 0 bridgehead atoms. The quantitative estimate of drug-likeness (QED) is 0.0582. The van der Waals surface area contributed by atoms with Crippen LogP contribution in [0.1, 0.15) is 62.6 Å². The Morgan fingerprint density at radius 3 is 1.82 bits per heavy atom. The van der Waals surface area contributed by atoms with Crippen molar-refractivity contribution in [3.63, 3.8) is 0 Å². The van der Waals surface area contributed by atoms with Crippen molar-refractivity contribution in [2.24, 2.45) is 10.5 Å². The Labute approximate surface area is 270 Å². The highest BCUT2D eigenvalue weighted by Crippen LogP contribution is 2.62. The number of benzene rings is 3. The van der Waals surface area contributed by atoms with E-state index in [-0.39, 0.29) is 32.0 Å². The monoisotopic (exact) mass is 671 g/mol. The molecule has 0 unspecified atom stereocenters. The van der Waals surface area contributed by atoms with Gasteiger partial charge in [0.2, 0.25) is 0 Å². The summed E-state index contributed by atoms with van der Waals surface area (Å²) in [7, 11) is 0. The lowest BCUT2D eigenvalue weighted by molar-refractivity contribution is -0.179. The summed E-state index contributed by atoms with van der Waals surface area (Å²) in [6, 6.07) is 22.9. The van der Waals surface area contributed by atoms with Crippen LogP contribution in [0.4, 0.5) is 0 Å². The molecule has 0 radical (unpaired) electrons. The summed E-state index contributed by atoms with van der Waals surface area (Å²) in [6.45, 7) is 7.77. The number of hydrogen-bond acceptors (Lipinski definition) is 6. The Kier molecular flexibility index (Phi) is 9.30. The van der Waals surface area contributed by atoms with E-state index in [2.05, 4.69) is 26.0 Å². The molecule has 1 aliphatic carbocycles. The van der Waals surface area contributed by atoms with Crippen LogP contribution in [0.2, 0.25) is 0 Å². The van der Waals surface area contributed by atoms with E-state index in [1.807, 2.05) is 93.7 Å². The molecule has 5 rings (SSSR count). The summed E-state index contributed by atoms with van der Waals surface area (Å²) >= 11 is 5.03. The average molecular weight is 673 g/mol. The van der Waals surface area contributed by atoms with Crippen molar-refractivity contribution in [3.05, 3.63) is 137 Å². The number of rotatable bonds is 9. The van der Waals surface area contributed by atoms with Crippen LogP contribution in [0, 0.1) is 33.1 Å². The Bertz CT molecular complexity index is 1620. The molecule has 1 aliphatic rings. The van der Waals surface area contributed by atoms with Crippen LogP contribution in [0.5, 0.6) is 0 Å². The number of hydrogen-bond donors (Lipinski definition) is 0. The van der Waals surface area contributed by atoms with Gasteiger partial charge in [0.25, 0.3) is 0 Å². The highest BCUT2D eigenvalue weighted by molar-refractivity contribution is 9.10. The Balaban J connectivity index is 1.67. The third-order valence-corrected chi connectivity index (χ3v) is 10.5. The number of thiophene rings is 1. The molecule has 7 nitrogen and oxygen atoms in total. The van der Waals surface area contributed by atoms with Crippen molar-refractivity contribution < 1.29 is 19.1 Å². The molecule has 0 saturated heterocycles. The topological polar surface area (TPSA) is 101 Å². The normalized spacial score (nSPS) is 18.8. The Hall–Kier alpha value is -3.91. The summed E-state index contributed by atoms with van der Waals surface area (Å²) < 4.78 is 13.0. The Morgan fingerprint density at radius 1 is 0.841 bits per heavy atom. The van der Waals surface area contributed by atoms with Crippen LogP contribution in [0.25, 0.3) is 10.4 Å². The van der Waals surface area contributed by atoms with Gasteiger partial charge >= 0.3 is 11.9 Å². The van der Waals surface area contributed by atoms with Crippen LogP contribution in [-0.2, 0) is 37.8 Å². The highest BCUT2D eigenvalue weighted by atomic mass is 79.9. The minimum Gasteiger partial charge on any atom is -0.460 e. The smallest absolute Gasteiger partial charge is 0.324 e. The van der Waals surface area contributed by atoms with E-state index in [0.717, 1.165) is 42.7 Å². The lowest BCUT2D eigenvalue weighted by atomic mass is 9.68. The van der Waals surface area contributed by atoms with Crippen molar-refractivity contribution in [2.75, 3.05) is 0 Å². The molecule has 2 atom stereocenters. The van der Waals surface area contributed by atoms with Crippen molar-refractivity contribution in [2.45, 2.75) is 65.2 Å². The van der Waals surface area contributed by atoms with Crippen LogP contribution >= 0.6 is 27.3 Å². The van der Waals surface area contributed by atoms with E-state index in [1.165, 1.54) is 0 Å². The number of halogens is 1. The van der Waals surface area contributed by atoms with Gasteiger partial charge in [0, 0.05) is 14.3 Å². The molecule has 0 N–H and O–H groups in total. The van der Waals surface area contributed by atoms with Gasteiger partial charge in [-0.05, 0) is 115 Å². The first kappa shape index (κ1) is 31.5. The standard InChI is InChI=1S/C35H34BrN3O4S/c1-22-8-5-9-23(2)29(22)20-42-32(40)34(33(41)43-21-30-24(3)10-6-11-25(30)4)18-26(31-12-7-17-44-31)19-35(34,38-39-37)27-13-15-28(36)16-14-27/h5-17,26H,18-21H2,1-4H3/t26-,35+/m1/s1. The zero-order valence-corrected chi connectivity index (χ0v) is 27.6. The van der Waals surface area contributed by atoms with E-state index >= 15 is 0 Å². The molecule has 226 valence electrons. The minimum absolute atomic E-state index is 0.0281. The number of carbonyl (C=O) groups is 2.